The van der Waals surface area contributed by atoms with Crippen molar-refractivity contribution in [1.29, 1.82) is 0 Å². The molecule has 0 bridgehead atoms. The van der Waals surface area contributed by atoms with Crippen molar-refractivity contribution in [3.63, 3.8) is 0 Å². The van der Waals surface area contributed by atoms with E-state index < -0.39 is 0 Å². The fourth-order valence-electron chi connectivity index (χ4n) is 1.57. The monoisotopic (exact) mass is 214 g/mol. The predicted molar refractivity (Wildman–Crippen MR) is 64.6 cm³/mol. The van der Waals surface area contributed by atoms with Gasteiger partial charge in [-0.2, -0.15) is 0 Å². The molecule has 90 valence electrons. The zero-order valence-electron chi connectivity index (χ0n) is 10.4. The van der Waals surface area contributed by atoms with Crippen molar-refractivity contribution in [2.75, 3.05) is 6.54 Å². The highest BCUT2D eigenvalue weighted by atomic mass is 16.1. The van der Waals surface area contributed by atoms with Gasteiger partial charge in [-0.15, -0.1) is 0 Å². The molecule has 0 aromatic carbocycles. The Labute approximate surface area is 93.8 Å². The Balaban J connectivity index is 3.71. The maximum atomic E-state index is 11.6. The molecule has 2 unspecified atom stereocenters. The molecule has 15 heavy (non-hydrogen) atoms. The molecular weight excluding hydrogens is 188 g/mol. The van der Waals surface area contributed by atoms with Crippen LogP contribution in [0.25, 0.3) is 0 Å². The van der Waals surface area contributed by atoms with Crippen LogP contribution in [0.2, 0.25) is 0 Å². The number of amides is 1. The van der Waals surface area contributed by atoms with Crippen LogP contribution in [0.15, 0.2) is 0 Å². The summed E-state index contributed by atoms with van der Waals surface area (Å²) in [7, 11) is 0. The van der Waals surface area contributed by atoms with Gasteiger partial charge in [-0.3, -0.25) is 4.79 Å². The van der Waals surface area contributed by atoms with E-state index >= 15 is 0 Å². The second kappa shape index (κ2) is 8.72. The van der Waals surface area contributed by atoms with Gasteiger partial charge in [-0.05, 0) is 25.8 Å². The van der Waals surface area contributed by atoms with Crippen molar-refractivity contribution in [3.05, 3.63) is 0 Å². The lowest BCUT2D eigenvalue weighted by molar-refractivity contribution is -0.122. The van der Waals surface area contributed by atoms with E-state index in [1.807, 2.05) is 0 Å². The molecule has 0 aliphatic rings. The van der Waals surface area contributed by atoms with Crippen molar-refractivity contribution in [1.82, 2.24) is 5.32 Å². The average Bonchev–Trinajstić information content (AvgIpc) is 2.22. The van der Waals surface area contributed by atoms with Crippen LogP contribution in [0.5, 0.6) is 0 Å². The quantitative estimate of drug-likeness (QED) is 0.650. The SMILES string of the molecule is CCCCC(C)NC(=O)CC(CC)CN. The summed E-state index contributed by atoms with van der Waals surface area (Å²) in [4.78, 5) is 11.6. The first-order valence-electron chi connectivity index (χ1n) is 6.13. The van der Waals surface area contributed by atoms with Crippen LogP contribution in [0.3, 0.4) is 0 Å². The zero-order chi connectivity index (χ0) is 11.7. The van der Waals surface area contributed by atoms with E-state index in [-0.39, 0.29) is 5.91 Å². The number of nitrogens with one attached hydrogen (secondary N) is 1. The first kappa shape index (κ1) is 14.4. The number of hydrogen-bond donors (Lipinski definition) is 2. The summed E-state index contributed by atoms with van der Waals surface area (Å²) >= 11 is 0. The molecule has 0 aromatic rings. The molecule has 0 aromatic heterocycles. The normalized spacial score (nSPS) is 14.7. The van der Waals surface area contributed by atoms with Gasteiger partial charge in [0, 0.05) is 12.5 Å². The Bertz CT molecular complexity index is 167. The van der Waals surface area contributed by atoms with Crippen LogP contribution in [0, 0.1) is 5.92 Å². The minimum Gasteiger partial charge on any atom is -0.354 e. The number of nitrogens with two attached hydrogens (primary N) is 1. The van der Waals surface area contributed by atoms with Gasteiger partial charge in [0.05, 0.1) is 0 Å². The van der Waals surface area contributed by atoms with Crippen LogP contribution in [-0.4, -0.2) is 18.5 Å². The molecule has 0 heterocycles. The third-order valence-electron chi connectivity index (χ3n) is 2.78. The van der Waals surface area contributed by atoms with Crippen LogP contribution < -0.4 is 11.1 Å². The molecule has 0 fully saturated rings. The molecule has 0 rings (SSSR count). The molecule has 0 saturated heterocycles. The highest BCUT2D eigenvalue weighted by molar-refractivity contribution is 5.76. The standard InChI is InChI=1S/C12H26N2O/c1-4-6-7-10(3)14-12(15)8-11(5-2)9-13/h10-11H,4-9,13H2,1-3H3,(H,14,15). The highest BCUT2D eigenvalue weighted by Gasteiger charge is 2.12. The molecule has 0 saturated carbocycles. The van der Waals surface area contributed by atoms with E-state index in [0.717, 1.165) is 12.8 Å². The van der Waals surface area contributed by atoms with E-state index in [4.69, 9.17) is 5.73 Å². The van der Waals surface area contributed by atoms with Gasteiger partial charge in [0.2, 0.25) is 5.91 Å². The van der Waals surface area contributed by atoms with E-state index in [1.54, 1.807) is 0 Å². The molecule has 3 heteroatoms. The van der Waals surface area contributed by atoms with Crippen molar-refractivity contribution >= 4 is 5.91 Å². The molecule has 3 nitrogen and oxygen atoms in total. The van der Waals surface area contributed by atoms with Crippen LogP contribution in [0.4, 0.5) is 0 Å². The summed E-state index contributed by atoms with van der Waals surface area (Å²) in [6, 6.07) is 0.299. The number of rotatable bonds is 8. The molecule has 0 aliphatic heterocycles. The van der Waals surface area contributed by atoms with Gasteiger partial charge in [-0.1, -0.05) is 33.1 Å². The van der Waals surface area contributed by atoms with Gasteiger partial charge in [0.1, 0.15) is 0 Å². The Morgan fingerprint density at radius 1 is 1.40 bits per heavy atom. The fraction of sp³-hybridized carbons (Fsp3) is 0.917. The maximum Gasteiger partial charge on any atom is 0.220 e. The van der Waals surface area contributed by atoms with Crippen molar-refractivity contribution in [2.45, 2.75) is 58.9 Å². The lowest BCUT2D eigenvalue weighted by Crippen LogP contribution is -2.34. The Hall–Kier alpha value is -0.570. The van der Waals surface area contributed by atoms with E-state index in [2.05, 4.69) is 26.1 Å². The Kier molecular flexibility index (Phi) is 8.38. The van der Waals surface area contributed by atoms with E-state index in [1.165, 1.54) is 12.8 Å². The minimum absolute atomic E-state index is 0.149. The van der Waals surface area contributed by atoms with E-state index in [0.29, 0.717) is 24.9 Å². The van der Waals surface area contributed by atoms with Gasteiger partial charge in [0.15, 0.2) is 0 Å². The minimum atomic E-state index is 0.149. The third kappa shape index (κ3) is 7.37. The predicted octanol–water partition coefficient (Wildman–Crippen LogP) is 2.06. The fourth-order valence-corrected chi connectivity index (χ4v) is 1.57. The molecule has 0 radical (unpaired) electrons. The molecule has 3 N–H and O–H groups in total. The number of carbonyl (C=O) groups excluding carboxylic acids is 1. The second-order valence-electron chi connectivity index (χ2n) is 4.32. The summed E-state index contributed by atoms with van der Waals surface area (Å²) in [6.45, 7) is 6.91. The summed E-state index contributed by atoms with van der Waals surface area (Å²) < 4.78 is 0. The smallest absolute Gasteiger partial charge is 0.220 e. The summed E-state index contributed by atoms with van der Waals surface area (Å²) in [5.41, 5.74) is 5.56. The summed E-state index contributed by atoms with van der Waals surface area (Å²) in [5, 5.41) is 3.02. The first-order valence-corrected chi connectivity index (χ1v) is 6.13. The highest BCUT2D eigenvalue weighted by Crippen LogP contribution is 2.06. The lowest BCUT2D eigenvalue weighted by Gasteiger charge is -2.16. The Morgan fingerprint density at radius 3 is 2.53 bits per heavy atom. The third-order valence-corrected chi connectivity index (χ3v) is 2.78. The molecule has 2 atom stereocenters. The van der Waals surface area contributed by atoms with Crippen molar-refractivity contribution in [2.24, 2.45) is 11.7 Å². The second-order valence-corrected chi connectivity index (χ2v) is 4.32. The topological polar surface area (TPSA) is 55.1 Å². The molecule has 0 spiro atoms. The summed E-state index contributed by atoms with van der Waals surface area (Å²) in [6.07, 6.45) is 4.98. The zero-order valence-corrected chi connectivity index (χ0v) is 10.4. The lowest BCUT2D eigenvalue weighted by atomic mass is 10.0. The number of carbonyl (C=O) groups is 1. The van der Waals surface area contributed by atoms with Crippen molar-refractivity contribution < 1.29 is 4.79 Å². The van der Waals surface area contributed by atoms with Crippen LogP contribution in [0.1, 0.15) is 52.9 Å². The largest absolute Gasteiger partial charge is 0.354 e. The van der Waals surface area contributed by atoms with Gasteiger partial charge >= 0.3 is 0 Å². The van der Waals surface area contributed by atoms with Gasteiger partial charge in [-0.25, -0.2) is 0 Å². The average molecular weight is 214 g/mol. The van der Waals surface area contributed by atoms with E-state index in [9.17, 15) is 4.79 Å². The Morgan fingerprint density at radius 2 is 2.07 bits per heavy atom. The van der Waals surface area contributed by atoms with Crippen molar-refractivity contribution in [3.8, 4) is 0 Å². The number of unbranched alkanes of at least 4 members (excludes halogenated alkanes) is 1. The number of hydrogen-bond acceptors (Lipinski definition) is 2. The van der Waals surface area contributed by atoms with Gasteiger partial charge in [0.25, 0.3) is 0 Å². The van der Waals surface area contributed by atoms with Crippen LogP contribution in [-0.2, 0) is 4.79 Å². The molecule has 1 amide bonds. The van der Waals surface area contributed by atoms with Gasteiger partial charge < -0.3 is 11.1 Å². The molecule has 0 aliphatic carbocycles. The maximum absolute atomic E-state index is 11.6. The first-order chi connectivity index (χ1) is 7.13. The van der Waals surface area contributed by atoms with Crippen LogP contribution >= 0.6 is 0 Å². The summed E-state index contributed by atoms with van der Waals surface area (Å²) in [5.74, 6) is 0.485. The molecular formula is C12H26N2O.